The molecule has 1 unspecified atom stereocenters. The van der Waals surface area contributed by atoms with Crippen LogP contribution in [0.15, 0.2) is 23.1 Å². The van der Waals surface area contributed by atoms with E-state index in [-0.39, 0.29) is 0 Å². The van der Waals surface area contributed by atoms with Gasteiger partial charge in [0.1, 0.15) is 0 Å². The summed E-state index contributed by atoms with van der Waals surface area (Å²) in [7, 11) is 2.06. The maximum Gasteiger partial charge on any atom is 0.0992 e. The quantitative estimate of drug-likeness (QED) is 0.628. The van der Waals surface area contributed by atoms with E-state index in [0.717, 1.165) is 5.56 Å². The van der Waals surface area contributed by atoms with Crippen molar-refractivity contribution in [1.82, 2.24) is 0 Å². The van der Waals surface area contributed by atoms with Gasteiger partial charge in [-0.2, -0.15) is 5.26 Å². The lowest BCUT2D eigenvalue weighted by atomic mass is 10.2. The number of benzene rings is 1. The number of hydrogen-bond donors (Lipinski definition) is 0. The Morgan fingerprint density at radius 1 is 1.54 bits per heavy atom. The highest BCUT2D eigenvalue weighted by Crippen LogP contribution is 2.42. The number of nitrogens with zero attached hydrogens (tertiary/aromatic N) is 2. The minimum atomic E-state index is 0.476. The van der Waals surface area contributed by atoms with E-state index in [1.165, 1.54) is 10.6 Å². The van der Waals surface area contributed by atoms with Crippen molar-refractivity contribution in [3.63, 3.8) is 0 Å². The third-order valence-electron chi connectivity index (χ3n) is 2.31. The van der Waals surface area contributed by atoms with Gasteiger partial charge >= 0.3 is 0 Å². The smallest absolute Gasteiger partial charge is 0.0992 e. The summed E-state index contributed by atoms with van der Waals surface area (Å²) in [6.07, 6.45) is 0. The van der Waals surface area contributed by atoms with Crippen LogP contribution in [-0.4, -0.2) is 12.4 Å². The SMILES string of the molecule is CC1Sc2ccc(C#N)cc2N1C. The molecule has 13 heavy (non-hydrogen) atoms. The van der Waals surface area contributed by atoms with Gasteiger partial charge in [0.15, 0.2) is 0 Å². The van der Waals surface area contributed by atoms with E-state index in [2.05, 4.69) is 24.9 Å². The fraction of sp³-hybridized carbons (Fsp3) is 0.300. The van der Waals surface area contributed by atoms with E-state index >= 15 is 0 Å². The zero-order valence-electron chi connectivity index (χ0n) is 7.61. The average molecular weight is 190 g/mol. The van der Waals surface area contributed by atoms with Crippen molar-refractivity contribution in [3.05, 3.63) is 23.8 Å². The van der Waals surface area contributed by atoms with Crippen LogP contribution in [0.3, 0.4) is 0 Å². The van der Waals surface area contributed by atoms with Crippen LogP contribution in [0.25, 0.3) is 0 Å². The van der Waals surface area contributed by atoms with Crippen molar-refractivity contribution in [2.45, 2.75) is 17.2 Å². The van der Waals surface area contributed by atoms with Gasteiger partial charge in [-0.25, -0.2) is 0 Å². The van der Waals surface area contributed by atoms with E-state index in [1.54, 1.807) is 0 Å². The van der Waals surface area contributed by atoms with Gasteiger partial charge in [-0.15, -0.1) is 0 Å². The monoisotopic (exact) mass is 190 g/mol. The molecule has 0 aromatic heterocycles. The van der Waals surface area contributed by atoms with E-state index in [1.807, 2.05) is 30.0 Å². The van der Waals surface area contributed by atoms with Crippen LogP contribution in [0.5, 0.6) is 0 Å². The Bertz CT molecular complexity index is 381. The Hall–Kier alpha value is -1.14. The molecule has 0 spiro atoms. The van der Waals surface area contributed by atoms with Crippen molar-refractivity contribution in [2.24, 2.45) is 0 Å². The first-order valence-electron chi connectivity index (χ1n) is 4.16. The summed E-state index contributed by atoms with van der Waals surface area (Å²) in [6, 6.07) is 8.01. The Kier molecular flexibility index (Phi) is 1.93. The summed E-state index contributed by atoms with van der Waals surface area (Å²) in [6.45, 7) is 2.16. The molecule has 0 saturated heterocycles. The zero-order valence-corrected chi connectivity index (χ0v) is 8.43. The lowest BCUT2D eigenvalue weighted by molar-refractivity contribution is 0.923. The second kappa shape index (κ2) is 2.97. The molecule has 3 heteroatoms. The third kappa shape index (κ3) is 1.27. The molecule has 0 saturated carbocycles. The number of thioether (sulfide) groups is 1. The van der Waals surface area contributed by atoms with E-state index in [4.69, 9.17) is 5.26 Å². The number of hydrogen-bond acceptors (Lipinski definition) is 3. The highest BCUT2D eigenvalue weighted by atomic mass is 32.2. The molecule has 1 aliphatic rings. The van der Waals surface area contributed by atoms with Crippen molar-refractivity contribution in [1.29, 1.82) is 5.26 Å². The largest absolute Gasteiger partial charge is 0.362 e. The van der Waals surface area contributed by atoms with Gasteiger partial charge in [0.2, 0.25) is 0 Å². The maximum absolute atomic E-state index is 8.75. The van der Waals surface area contributed by atoms with Crippen LogP contribution in [0.1, 0.15) is 12.5 Å². The molecule has 2 rings (SSSR count). The van der Waals surface area contributed by atoms with Crippen molar-refractivity contribution >= 4 is 17.4 Å². The highest BCUT2D eigenvalue weighted by molar-refractivity contribution is 8.00. The third-order valence-corrected chi connectivity index (χ3v) is 3.57. The second-order valence-electron chi connectivity index (χ2n) is 3.12. The Morgan fingerprint density at radius 2 is 2.31 bits per heavy atom. The molecule has 66 valence electrons. The van der Waals surface area contributed by atoms with Crippen molar-refractivity contribution in [2.75, 3.05) is 11.9 Å². The van der Waals surface area contributed by atoms with E-state index in [0.29, 0.717) is 5.37 Å². The van der Waals surface area contributed by atoms with Crippen LogP contribution in [-0.2, 0) is 0 Å². The zero-order chi connectivity index (χ0) is 9.42. The molecule has 0 N–H and O–H groups in total. The standard InChI is InChI=1S/C10H10N2S/c1-7-12(2)9-5-8(6-11)3-4-10(9)13-7/h3-5,7H,1-2H3. The molecular weight excluding hydrogens is 180 g/mol. The molecule has 1 aromatic carbocycles. The van der Waals surface area contributed by atoms with Gasteiger partial charge < -0.3 is 4.90 Å². The van der Waals surface area contributed by atoms with Gasteiger partial charge in [0.25, 0.3) is 0 Å². The van der Waals surface area contributed by atoms with E-state index in [9.17, 15) is 0 Å². The van der Waals surface area contributed by atoms with Gasteiger partial charge in [0, 0.05) is 11.9 Å². The lowest BCUT2D eigenvalue weighted by Gasteiger charge is -2.16. The number of nitriles is 1. The molecule has 0 radical (unpaired) electrons. The van der Waals surface area contributed by atoms with Crippen LogP contribution < -0.4 is 4.90 Å². The summed E-state index contributed by atoms with van der Waals surface area (Å²) in [5, 5.41) is 9.22. The average Bonchev–Trinajstić information content (AvgIpc) is 2.43. The van der Waals surface area contributed by atoms with Crippen LogP contribution >= 0.6 is 11.8 Å². The topological polar surface area (TPSA) is 27.0 Å². The fourth-order valence-corrected chi connectivity index (χ4v) is 2.53. The van der Waals surface area contributed by atoms with Crippen LogP contribution in [0.4, 0.5) is 5.69 Å². The normalized spacial score (nSPS) is 19.8. The minimum Gasteiger partial charge on any atom is -0.362 e. The molecule has 0 amide bonds. The minimum absolute atomic E-state index is 0.476. The van der Waals surface area contributed by atoms with Crippen molar-refractivity contribution in [3.8, 4) is 6.07 Å². The second-order valence-corrected chi connectivity index (χ2v) is 4.48. The molecule has 1 atom stereocenters. The first kappa shape index (κ1) is 8.46. The molecule has 1 aromatic rings. The first-order valence-corrected chi connectivity index (χ1v) is 5.04. The Morgan fingerprint density at radius 3 is 3.00 bits per heavy atom. The van der Waals surface area contributed by atoms with Gasteiger partial charge in [0.05, 0.1) is 22.7 Å². The summed E-state index contributed by atoms with van der Waals surface area (Å²) < 4.78 is 0. The Labute approximate surface area is 82.2 Å². The van der Waals surface area contributed by atoms with E-state index < -0.39 is 0 Å². The molecule has 1 heterocycles. The number of fused-ring (bicyclic) bond motifs is 1. The summed E-state index contributed by atoms with van der Waals surface area (Å²) in [5.41, 5.74) is 1.91. The maximum atomic E-state index is 8.75. The predicted molar refractivity (Wildman–Crippen MR) is 54.9 cm³/mol. The lowest BCUT2D eigenvalue weighted by Crippen LogP contribution is -2.20. The number of anilines is 1. The van der Waals surface area contributed by atoms with Crippen LogP contribution in [0, 0.1) is 11.3 Å². The van der Waals surface area contributed by atoms with Gasteiger partial charge in [-0.1, -0.05) is 11.8 Å². The molecule has 2 nitrogen and oxygen atoms in total. The molecule has 0 bridgehead atoms. The van der Waals surface area contributed by atoms with Gasteiger partial charge in [-0.05, 0) is 25.1 Å². The summed E-state index contributed by atoms with van der Waals surface area (Å²) in [5.74, 6) is 0. The summed E-state index contributed by atoms with van der Waals surface area (Å²) >= 11 is 1.83. The fourth-order valence-electron chi connectivity index (χ4n) is 1.42. The highest BCUT2D eigenvalue weighted by Gasteiger charge is 2.23. The Balaban J connectivity index is 2.49. The molecule has 1 aliphatic heterocycles. The predicted octanol–water partition coefficient (Wildman–Crippen LogP) is 2.45. The van der Waals surface area contributed by atoms with Gasteiger partial charge in [-0.3, -0.25) is 0 Å². The molecule has 0 aliphatic carbocycles. The molecule has 0 fully saturated rings. The number of rotatable bonds is 0. The first-order chi connectivity index (χ1) is 6.22. The van der Waals surface area contributed by atoms with Crippen molar-refractivity contribution < 1.29 is 0 Å². The summed E-state index contributed by atoms with van der Waals surface area (Å²) in [4.78, 5) is 3.47. The van der Waals surface area contributed by atoms with Crippen LogP contribution in [0.2, 0.25) is 0 Å². The molecular formula is C10H10N2S.